The van der Waals surface area contributed by atoms with Crippen molar-refractivity contribution in [1.82, 2.24) is 0 Å². The number of carbonyl (C=O) groups excluding carboxylic acids is 1. The van der Waals surface area contributed by atoms with Crippen LogP contribution in [0.1, 0.15) is 117 Å². The van der Waals surface area contributed by atoms with Gasteiger partial charge in [-0.05, 0) is 12.8 Å². The lowest BCUT2D eigenvalue weighted by Gasteiger charge is -2.09. The van der Waals surface area contributed by atoms with Crippen molar-refractivity contribution in [2.75, 3.05) is 112 Å². The second-order valence-electron chi connectivity index (χ2n) is 11.5. The first-order valence-corrected chi connectivity index (χ1v) is 18.6. The van der Waals surface area contributed by atoms with E-state index in [0.29, 0.717) is 112 Å². The van der Waals surface area contributed by atoms with Gasteiger partial charge in [-0.2, -0.15) is 0 Å². The van der Waals surface area contributed by atoms with Crippen molar-refractivity contribution < 1.29 is 47.4 Å². The van der Waals surface area contributed by atoms with Gasteiger partial charge in [0, 0.05) is 13.0 Å². The molecule has 0 unspecified atom stereocenters. The Hall–Kier alpha value is -0.850. The van der Waals surface area contributed by atoms with E-state index in [4.69, 9.17) is 42.6 Å². The molecule has 0 fully saturated rings. The number of carbonyl (C=O) groups is 1. The largest absolute Gasteiger partial charge is 0.463 e. The lowest BCUT2D eigenvalue weighted by molar-refractivity contribution is -0.145. The van der Waals surface area contributed by atoms with Gasteiger partial charge in [0.1, 0.15) is 6.61 Å². The third-order valence-corrected chi connectivity index (χ3v) is 7.22. The molecule has 0 N–H and O–H groups in total. The SMILES string of the molecule is CCCCCCCCCCCCCCCC(=O)OCCOCCOCCOCCOCCOCCOCCOCCOCCCC. The molecule has 10 heteroatoms. The molecule has 0 saturated heterocycles. The average Bonchev–Trinajstić information content (AvgIpc) is 3.06. The molecule has 276 valence electrons. The van der Waals surface area contributed by atoms with Crippen molar-refractivity contribution in [1.29, 1.82) is 0 Å². The van der Waals surface area contributed by atoms with Crippen molar-refractivity contribution in [2.45, 2.75) is 117 Å². The predicted molar refractivity (Wildman–Crippen MR) is 183 cm³/mol. The van der Waals surface area contributed by atoms with Crippen LogP contribution in [0, 0.1) is 0 Å². The van der Waals surface area contributed by atoms with E-state index in [9.17, 15) is 4.79 Å². The summed E-state index contributed by atoms with van der Waals surface area (Å²) in [6.07, 6.45) is 19.6. The van der Waals surface area contributed by atoms with Gasteiger partial charge in [-0.25, -0.2) is 0 Å². The molecule has 0 aliphatic rings. The molecule has 0 aliphatic heterocycles. The Morgan fingerprint density at radius 3 is 0.891 bits per heavy atom. The fraction of sp³-hybridized carbons (Fsp3) is 0.972. The van der Waals surface area contributed by atoms with Crippen LogP contribution < -0.4 is 0 Å². The highest BCUT2D eigenvalue weighted by Gasteiger charge is 2.03. The number of esters is 1. The van der Waals surface area contributed by atoms with Gasteiger partial charge in [0.05, 0.1) is 99.1 Å². The molecular weight excluding hydrogens is 592 g/mol. The van der Waals surface area contributed by atoms with Crippen LogP contribution in [-0.4, -0.2) is 118 Å². The van der Waals surface area contributed by atoms with Crippen molar-refractivity contribution in [2.24, 2.45) is 0 Å². The molecular formula is C36H72O10. The Bertz CT molecular complexity index is 567. The van der Waals surface area contributed by atoms with Crippen molar-refractivity contribution in [3.8, 4) is 0 Å². The van der Waals surface area contributed by atoms with Crippen LogP contribution in [0.3, 0.4) is 0 Å². The lowest BCUT2D eigenvalue weighted by Crippen LogP contribution is -2.15. The normalized spacial score (nSPS) is 11.4. The second kappa shape index (κ2) is 42.2. The van der Waals surface area contributed by atoms with Crippen LogP contribution in [-0.2, 0) is 47.4 Å². The van der Waals surface area contributed by atoms with E-state index in [1.807, 2.05) is 0 Å². The maximum atomic E-state index is 11.8. The Labute approximate surface area is 282 Å². The van der Waals surface area contributed by atoms with Gasteiger partial charge in [-0.15, -0.1) is 0 Å². The van der Waals surface area contributed by atoms with E-state index in [-0.39, 0.29) is 5.97 Å². The summed E-state index contributed by atoms with van der Waals surface area (Å²) in [5.74, 6) is -0.126. The Morgan fingerprint density at radius 2 is 0.565 bits per heavy atom. The first-order chi connectivity index (χ1) is 22.8. The van der Waals surface area contributed by atoms with E-state index >= 15 is 0 Å². The standard InChI is InChI=1S/C36H72O10/c1-3-5-7-8-9-10-11-12-13-14-15-16-17-18-36(37)46-35-34-45-33-32-44-31-30-43-29-28-42-27-26-41-25-24-40-23-22-39-21-20-38-19-6-4-2/h3-35H2,1-2H3. The van der Waals surface area contributed by atoms with E-state index in [1.165, 1.54) is 70.6 Å². The molecule has 0 radical (unpaired) electrons. The van der Waals surface area contributed by atoms with Gasteiger partial charge in [0.2, 0.25) is 0 Å². The molecule has 0 aromatic carbocycles. The van der Waals surface area contributed by atoms with Crippen LogP contribution in [0.4, 0.5) is 0 Å². The first kappa shape index (κ1) is 45.2. The zero-order valence-electron chi connectivity index (χ0n) is 29.9. The van der Waals surface area contributed by atoms with E-state index in [1.54, 1.807) is 0 Å². The Kier molecular flexibility index (Phi) is 41.4. The van der Waals surface area contributed by atoms with Gasteiger partial charge in [0.25, 0.3) is 0 Å². The highest BCUT2D eigenvalue weighted by atomic mass is 16.6. The summed E-state index contributed by atoms with van der Waals surface area (Å²) >= 11 is 0. The van der Waals surface area contributed by atoms with E-state index in [2.05, 4.69) is 13.8 Å². The summed E-state index contributed by atoms with van der Waals surface area (Å²) in [6, 6.07) is 0. The molecule has 0 atom stereocenters. The average molecular weight is 665 g/mol. The molecule has 0 rings (SSSR count). The molecule has 0 saturated carbocycles. The third kappa shape index (κ3) is 41.2. The maximum absolute atomic E-state index is 11.8. The molecule has 46 heavy (non-hydrogen) atoms. The maximum Gasteiger partial charge on any atom is 0.305 e. The Balaban J connectivity index is 3.12. The summed E-state index contributed by atoms with van der Waals surface area (Å²) in [5, 5.41) is 0. The van der Waals surface area contributed by atoms with Gasteiger partial charge >= 0.3 is 5.97 Å². The summed E-state index contributed by atoms with van der Waals surface area (Å²) in [7, 11) is 0. The van der Waals surface area contributed by atoms with E-state index in [0.717, 1.165) is 32.3 Å². The minimum atomic E-state index is -0.126. The summed E-state index contributed by atoms with van der Waals surface area (Å²) in [5.41, 5.74) is 0. The van der Waals surface area contributed by atoms with Crippen molar-refractivity contribution in [3.05, 3.63) is 0 Å². The second-order valence-corrected chi connectivity index (χ2v) is 11.5. The minimum Gasteiger partial charge on any atom is -0.463 e. The number of hydrogen-bond acceptors (Lipinski definition) is 10. The van der Waals surface area contributed by atoms with Crippen LogP contribution in [0.25, 0.3) is 0 Å². The molecule has 0 aromatic rings. The number of rotatable bonds is 41. The summed E-state index contributed by atoms with van der Waals surface area (Å²) in [4.78, 5) is 11.8. The Morgan fingerprint density at radius 1 is 0.304 bits per heavy atom. The highest BCUT2D eigenvalue weighted by Crippen LogP contribution is 2.13. The van der Waals surface area contributed by atoms with Crippen LogP contribution in [0.2, 0.25) is 0 Å². The molecule has 0 aliphatic carbocycles. The van der Waals surface area contributed by atoms with Crippen LogP contribution in [0.5, 0.6) is 0 Å². The smallest absolute Gasteiger partial charge is 0.305 e. The predicted octanol–water partition coefficient (Wildman–Crippen LogP) is 6.94. The van der Waals surface area contributed by atoms with Gasteiger partial charge in [0.15, 0.2) is 0 Å². The number of ether oxygens (including phenoxy) is 9. The monoisotopic (exact) mass is 665 g/mol. The fourth-order valence-electron chi connectivity index (χ4n) is 4.46. The van der Waals surface area contributed by atoms with Crippen molar-refractivity contribution >= 4 is 5.97 Å². The lowest BCUT2D eigenvalue weighted by atomic mass is 10.0. The molecule has 10 nitrogen and oxygen atoms in total. The van der Waals surface area contributed by atoms with Crippen LogP contribution in [0.15, 0.2) is 0 Å². The van der Waals surface area contributed by atoms with Gasteiger partial charge in [-0.3, -0.25) is 4.79 Å². The molecule has 0 bridgehead atoms. The van der Waals surface area contributed by atoms with E-state index < -0.39 is 0 Å². The quantitative estimate of drug-likeness (QED) is 0.0505. The zero-order chi connectivity index (χ0) is 33.3. The molecule has 0 aromatic heterocycles. The minimum absolute atomic E-state index is 0.126. The number of hydrogen-bond donors (Lipinski definition) is 0. The number of unbranched alkanes of at least 4 members (excludes halogenated alkanes) is 13. The first-order valence-electron chi connectivity index (χ1n) is 18.6. The fourth-order valence-corrected chi connectivity index (χ4v) is 4.46. The topological polar surface area (TPSA) is 100 Å². The summed E-state index contributed by atoms with van der Waals surface area (Å²) in [6.45, 7) is 13.4. The molecule has 0 heterocycles. The van der Waals surface area contributed by atoms with Gasteiger partial charge < -0.3 is 42.6 Å². The zero-order valence-corrected chi connectivity index (χ0v) is 29.9. The summed E-state index contributed by atoms with van der Waals surface area (Å²) < 4.78 is 49.0. The highest BCUT2D eigenvalue weighted by molar-refractivity contribution is 5.69. The van der Waals surface area contributed by atoms with Crippen molar-refractivity contribution in [3.63, 3.8) is 0 Å². The van der Waals surface area contributed by atoms with Crippen LogP contribution >= 0.6 is 0 Å². The van der Waals surface area contributed by atoms with Gasteiger partial charge in [-0.1, -0.05) is 97.3 Å². The third-order valence-electron chi connectivity index (χ3n) is 7.22. The molecule has 0 amide bonds. The molecule has 0 spiro atoms.